The second kappa shape index (κ2) is 5.05. The Hall–Kier alpha value is -2.82. The van der Waals surface area contributed by atoms with E-state index in [1.807, 2.05) is 35.0 Å². The minimum atomic E-state index is 0.173. The quantitative estimate of drug-likeness (QED) is 0.713. The van der Waals surface area contributed by atoms with E-state index in [2.05, 4.69) is 9.97 Å². The molecule has 5 nitrogen and oxygen atoms in total. The van der Waals surface area contributed by atoms with Gasteiger partial charge in [-0.05, 0) is 23.8 Å². The zero-order chi connectivity index (χ0) is 13.9. The number of nitrogens with zero attached hydrogens (tertiary/aromatic N) is 3. The number of aromatic nitrogens is 3. The van der Waals surface area contributed by atoms with Gasteiger partial charge in [-0.3, -0.25) is 4.98 Å². The first-order valence-electron chi connectivity index (χ1n) is 6.22. The Kier molecular flexibility index (Phi) is 3.09. The first-order valence-corrected chi connectivity index (χ1v) is 6.22. The van der Waals surface area contributed by atoms with Crippen LogP contribution in [0.5, 0.6) is 5.75 Å². The van der Waals surface area contributed by atoms with Crippen LogP contribution in [0.3, 0.4) is 0 Å². The molecule has 100 valence electrons. The minimum Gasteiger partial charge on any atom is -0.505 e. The van der Waals surface area contributed by atoms with Crippen LogP contribution < -0.4 is 5.73 Å². The molecule has 1 aromatic carbocycles. The molecule has 0 atom stereocenters. The molecule has 0 saturated heterocycles. The Morgan fingerprint density at radius 2 is 2.10 bits per heavy atom. The van der Waals surface area contributed by atoms with Crippen LogP contribution in [0.25, 0.3) is 11.1 Å². The van der Waals surface area contributed by atoms with E-state index in [0.717, 1.165) is 11.1 Å². The topological polar surface area (TPSA) is 77.0 Å². The summed E-state index contributed by atoms with van der Waals surface area (Å²) in [5.41, 5.74) is 8.64. The van der Waals surface area contributed by atoms with Gasteiger partial charge in [0.05, 0.1) is 12.9 Å². The van der Waals surface area contributed by atoms with Crippen molar-refractivity contribution < 1.29 is 5.11 Å². The Bertz CT molecular complexity index is 722. The fourth-order valence-electron chi connectivity index (χ4n) is 2.11. The highest BCUT2D eigenvalue weighted by Gasteiger charge is 2.10. The van der Waals surface area contributed by atoms with Gasteiger partial charge in [-0.15, -0.1) is 0 Å². The van der Waals surface area contributed by atoms with Gasteiger partial charge in [0.15, 0.2) is 0 Å². The van der Waals surface area contributed by atoms with Gasteiger partial charge in [0, 0.05) is 29.8 Å². The van der Waals surface area contributed by atoms with Crippen LogP contribution in [-0.4, -0.2) is 19.6 Å². The molecule has 2 aromatic heterocycles. The lowest BCUT2D eigenvalue weighted by Crippen LogP contribution is -2.00. The van der Waals surface area contributed by atoms with Gasteiger partial charge in [-0.2, -0.15) is 0 Å². The molecule has 3 N–H and O–H groups in total. The van der Waals surface area contributed by atoms with Crippen LogP contribution in [0.1, 0.15) is 5.69 Å². The highest BCUT2D eigenvalue weighted by molar-refractivity contribution is 5.73. The molecule has 0 amide bonds. The summed E-state index contributed by atoms with van der Waals surface area (Å²) in [4.78, 5) is 8.21. The Labute approximate surface area is 116 Å². The van der Waals surface area contributed by atoms with E-state index in [4.69, 9.17) is 5.73 Å². The average Bonchev–Trinajstić information content (AvgIpc) is 2.94. The zero-order valence-electron chi connectivity index (χ0n) is 10.8. The Morgan fingerprint density at radius 1 is 1.20 bits per heavy atom. The van der Waals surface area contributed by atoms with Crippen LogP contribution in [0.4, 0.5) is 5.69 Å². The van der Waals surface area contributed by atoms with Crippen molar-refractivity contribution in [3.63, 3.8) is 0 Å². The maximum atomic E-state index is 10.4. The van der Waals surface area contributed by atoms with Crippen molar-refractivity contribution in [1.82, 2.24) is 14.5 Å². The van der Waals surface area contributed by atoms with Crippen molar-refractivity contribution in [3.05, 3.63) is 60.9 Å². The average molecular weight is 266 g/mol. The number of pyridine rings is 1. The molecule has 5 heteroatoms. The molecule has 0 spiro atoms. The number of rotatable bonds is 3. The van der Waals surface area contributed by atoms with Crippen molar-refractivity contribution in [2.75, 3.05) is 5.73 Å². The number of benzene rings is 1. The van der Waals surface area contributed by atoms with Gasteiger partial charge in [0.2, 0.25) is 0 Å². The molecule has 0 aliphatic rings. The van der Waals surface area contributed by atoms with Crippen molar-refractivity contribution in [2.24, 2.45) is 0 Å². The van der Waals surface area contributed by atoms with E-state index >= 15 is 0 Å². The van der Waals surface area contributed by atoms with E-state index in [1.165, 1.54) is 0 Å². The lowest BCUT2D eigenvalue weighted by Gasteiger charge is -2.10. The fraction of sp³-hybridized carbons (Fsp3) is 0.0667. The van der Waals surface area contributed by atoms with Crippen molar-refractivity contribution in [2.45, 2.75) is 6.54 Å². The summed E-state index contributed by atoms with van der Waals surface area (Å²) < 4.78 is 1.85. The number of nitrogen functional groups attached to an aromatic ring is 1. The molecule has 20 heavy (non-hydrogen) atoms. The normalized spacial score (nSPS) is 10.6. The molecule has 0 fully saturated rings. The summed E-state index contributed by atoms with van der Waals surface area (Å²) in [5, 5.41) is 10.4. The van der Waals surface area contributed by atoms with E-state index in [1.54, 1.807) is 24.8 Å². The first-order chi connectivity index (χ1) is 9.74. The summed E-state index contributed by atoms with van der Waals surface area (Å²) in [7, 11) is 0. The second-order valence-corrected chi connectivity index (χ2v) is 4.51. The molecular formula is C15H14N4O. The summed E-state index contributed by atoms with van der Waals surface area (Å²) in [6.45, 7) is 0.474. The number of anilines is 1. The number of imidazole rings is 1. The number of nitrogens with two attached hydrogens (primary N) is 1. The van der Waals surface area contributed by atoms with E-state index in [-0.39, 0.29) is 5.75 Å². The van der Waals surface area contributed by atoms with Crippen molar-refractivity contribution >= 4 is 5.69 Å². The van der Waals surface area contributed by atoms with E-state index in [0.29, 0.717) is 17.9 Å². The third-order valence-corrected chi connectivity index (χ3v) is 3.09. The number of hydrogen-bond donors (Lipinski definition) is 2. The summed E-state index contributed by atoms with van der Waals surface area (Å²) in [5.74, 6) is 0.173. The largest absolute Gasteiger partial charge is 0.505 e. The molecule has 0 radical (unpaired) electrons. The molecule has 0 saturated carbocycles. The maximum absolute atomic E-state index is 10.4. The van der Waals surface area contributed by atoms with Gasteiger partial charge in [0.1, 0.15) is 11.4 Å². The molecule has 0 aliphatic heterocycles. The third kappa shape index (κ3) is 2.33. The second-order valence-electron chi connectivity index (χ2n) is 4.51. The first kappa shape index (κ1) is 12.2. The van der Waals surface area contributed by atoms with Crippen LogP contribution >= 0.6 is 0 Å². The van der Waals surface area contributed by atoms with E-state index < -0.39 is 0 Å². The SMILES string of the molecule is Nc1cccc(-c2ccnc(Cn3ccnc3)c2O)c1. The van der Waals surface area contributed by atoms with E-state index in [9.17, 15) is 5.11 Å². The molecular weight excluding hydrogens is 252 g/mol. The molecule has 0 bridgehead atoms. The van der Waals surface area contributed by atoms with Crippen molar-refractivity contribution in [3.8, 4) is 16.9 Å². The molecule has 3 aromatic rings. The summed E-state index contributed by atoms with van der Waals surface area (Å²) in [6, 6.07) is 9.19. The molecule has 2 heterocycles. The third-order valence-electron chi connectivity index (χ3n) is 3.09. The number of hydrogen-bond acceptors (Lipinski definition) is 4. The minimum absolute atomic E-state index is 0.173. The van der Waals surface area contributed by atoms with Gasteiger partial charge in [-0.25, -0.2) is 4.98 Å². The smallest absolute Gasteiger partial charge is 0.146 e. The van der Waals surface area contributed by atoms with Crippen molar-refractivity contribution in [1.29, 1.82) is 0 Å². The number of aromatic hydroxyl groups is 1. The Morgan fingerprint density at radius 3 is 2.85 bits per heavy atom. The van der Waals surface area contributed by atoms with Crippen LogP contribution in [0.15, 0.2) is 55.2 Å². The Balaban J connectivity index is 2.01. The van der Waals surface area contributed by atoms with Gasteiger partial charge < -0.3 is 15.4 Å². The summed E-state index contributed by atoms with van der Waals surface area (Å²) in [6.07, 6.45) is 6.89. The predicted octanol–water partition coefficient (Wildman–Crippen LogP) is 2.28. The molecule has 3 rings (SSSR count). The van der Waals surface area contributed by atoms with Gasteiger partial charge in [-0.1, -0.05) is 12.1 Å². The lowest BCUT2D eigenvalue weighted by molar-refractivity contribution is 0.463. The monoisotopic (exact) mass is 266 g/mol. The zero-order valence-corrected chi connectivity index (χ0v) is 10.8. The highest BCUT2D eigenvalue weighted by Crippen LogP contribution is 2.32. The maximum Gasteiger partial charge on any atom is 0.146 e. The highest BCUT2D eigenvalue weighted by atomic mass is 16.3. The molecule has 0 unspecified atom stereocenters. The summed E-state index contributed by atoms with van der Waals surface area (Å²) >= 11 is 0. The standard InChI is InChI=1S/C15H14N4O/c16-12-3-1-2-11(8-12)13-4-5-18-14(15(13)20)9-19-7-6-17-10-19/h1-8,10,20H,9,16H2. The van der Waals surface area contributed by atoms with Gasteiger partial charge in [0.25, 0.3) is 0 Å². The van der Waals surface area contributed by atoms with Crippen LogP contribution in [0.2, 0.25) is 0 Å². The van der Waals surface area contributed by atoms with Crippen LogP contribution in [-0.2, 0) is 6.54 Å². The van der Waals surface area contributed by atoms with Gasteiger partial charge >= 0.3 is 0 Å². The molecule has 0 aliphatic carbocycles. The lowest BCUT2D eigenvalue weighted by atomic mass is 10.0. The van der Waals surface area contributed by atoms with Crippen LogP contribution in [0, 0.1) is 0 Å². The fourth-order valence-corrected chi connectivity index (χ4v) is 2.11. The predicted molar refractivity (Wildman–Crippen MR) is 77.1 cm³/mol.